The number of hydrogen-bond donors (Lipinski definition) is 0. The number of sulfonamides is 1. The van der Waals surface area contributed by atoms with Gasteiger partial charge in [-0.3, -0.25) is 0 Å². The van der Waals surface area contributed by atoms with E-state index in [0.29, 0.717) is 31.2 Å². The molecule has 0 aliphatic carbocycles. The normalized spacial score (nSPS) is 16.1. The van der Waals surface area contributed by atoms with E-state index in [1.54, 1.807) is 35.6 Å². The molecular formula is C16H15ClN4O2S3. The summed E-state index contributed by atoms with van der Waals surface area (Å²) in [6.07, 6.45) is 0. The van der Waals surface area contributed by atoms with Gasteiger partial charge in [0.05, 0.1) is 9.77 Å². The molecule has 0 amide bonds. The van der Waals surface area contributed by atoms with Gasteiger partial charge >= 0.3 is 0 Å². The number of hydrogen-bond acceptors (Lipinski definition) is 7. The topological polar surface area (TPSA) is 66.4 Å². The van der Waals surface area contributed by atoms with Crippen molar-refractivity contribution >= 4 is 49.4 Å². The highest BCUT2D eigenvalue weighted by molar-refractivity contribution is 7.89. The van der Waals surface area contributed by atoms with E-state index >= 15 is 0 Å². The van der Waals surface area contributed by atoms with Gasteiger partial charge in [0.1, 0.15) is 0 Å². The molecule has 3 aromatic rings. The van der Waals surface area contributed by atoms with Gasteiger partial charge in [0.15, 0.2) is 5.01 Å². The lowest BCUT2D eigenvalue weighted by atomic mass is 10.4. The van der Waals surface area contributed by atoms with Crippen LogP contribution in [0.1, 0.15) is 0 Å². The van der Waals surface area contributed by atoms with Gasteiger partial charge < -0.3 is 4.90 Å². The summed E-state index contributed by atoms with van der Waals surface area (Å²) in [5, 5.41) is 12.8. The molecule has 1 saturated heterocycles. The lowest BCUT2D eigenvalue weighted by molar-refractivity contribution is 0.384. The number of nitrogens with zero attached hydrogens (tertiary/aromatic N) is 4. The lowest BCUT2D eigenvalue weighted by Gasteiger charge is -2.33. The minimum Gasteiger partial charge on any atom is -0.344 e. The third kappa shape index (κ3) is 3.49. The van der Waals surface area contributed by atoms with Crippen LogP contribution in [0.3, 0.4) is 0 Å². The van der Waals surface area contributed by atoms with E-state index in [-0.39, 0.29) is 4.90 Å². The molecule has 26 heavy (non-hydrogen) atoms. The van der Waals surface area contributed by atoms with Gasteiger partial charge in [-0.15, -0.1) is 21.5 Å². The largest absolute Gasteiger partial charge is 0.344 e. The van der Waals surface area contributed by atoms with E-state index in [4.69, 9.17) is 11.6 Å². The Morgan fingerprint density at radius 2 is 1.73 bits per heavy atom. The molecule has 0 saturated carbocycles. The molecule has 1 fully saturated rings. The second kappa shape index (κ2) is 7.24. The summed E-state index contributed by atoms with van der Waals surface area (Å²) in [5.74, 6) is 0. The molecule has 4 rings (SSSR count). The minimum absolute atomic E-state index is 0.270. The van der Waals surface area contributed by atoms with Gasteiger partial charge in [-0.25, -0.2) is 8.42 Å². The third-order valence-corrected chi connectivity index (χ3v) is 8.29. The highest BCUT2D eigenvalue weighted by Gasteiger charge is 2.29. The Hall–Kier alpha value is -1.52. The summed E-state index contributed by atoms with van der Waals surface area (Å²) in [4.78, 5) is 3.45. The van der Waals surface area contributed by atoms with Crippen molar-refractivity contribution in [2.45, 2.75) is 4.90 Å². The molecule has 0 atom stereocenters. The first-order valence-electron chi connectivity index (χ1n) is 7.92. The number of thiophene rings is 1. The molecule has 1 aromatic carbocycles. The molecule has 10 heteroatoms. The van der Waals surface area contributed by atoms with Crippen LogP contribution in [0.25, 0.3) is 9.88 Å². The van der Waals surface area contributed by atoms with Crippen LogP contribution in [0.5, 0.6) is 0 Å². The summed E-state index contributed by atoms with van der Waals surface area (Å²) in [7, 11) is -3.50. The molecule has 0 radical (unpaired) electrons. The van der Waals surface area contributed by atoms with Gasteiger partial charge in [0, 0.05) is 31.2 Å². The van der Waals surface area contributed by atoms with Crippen molar-refractivity contribution in [2.75, 3.05) is 31.1 Å². The molecular weight excluding hydrogens is 412 g/mol. The Kier molecular flexibility index (Phi) is 4.98. The molecule has 0 spiro atoms. The van der Waals surface area contributed by atoms with E-state index < -0.39 is 10.0 Å². The SMILES string of the molecule is O=S(=O)(c1ccc(Cl)cc1)N1CCN(c2nnc(-c3cccs3)s2)CC1. The number of piperazine rings is 1. The summed E-state index contributed by atoms with van der Waals surface area (Å²) in [6, 6.07) is 10.3. The Balaban J connectivity index is 1.45. The van der Waals surface area contributed by atoms with E-state index in [9.17, 15) is 8.42 Å². The van der Waals surface area contributed by atoms with E-state index in [2.05, 4.69) is 15.1 Å². The fourth-order valence-electron chi connectivity index (χ4n) is 2.72. The van der Waals surface area contributed by atoms with Crippen molar-refractivity contribution in [1.82, 2.24) is 14.5 Å². The lowest BCUT2D eigenvalue weighted by Crippen LogP contribution is -2.48. The van der Waals surface area contributed by atoms with Crippen molar-refractivity contribution in [3.8, 4) is 9.88 Å². The quantitative estimate of drug-likeness (QED) is 0.639. The Morgan fingerprint density at radius 1 is 1.00 bits per heavy atom. The van der Waals surface area contributed by atoms with E-state index in [0.717, 1.165) is 15.0 Å². The first kappa shape index (κ1) is 17.9. The van der Waals surface area contributed by atoms with Crippen molar-refractivity contribution in [3.05, 3.63) is 46.8 Å². The van der Waals surface area contributed by atoms with Crippen LogP contribution in [-0.2, 0) is 10.0 Å². The second-order valence-corrected chi connectivity index (χ2v) is 9.99. The molecule has 3 heterocycles. The van der Waals surface area contributed by atoms with Gasteiger partial charge in [0.25, 0.3) is 0 Å². The predicted octanol–water partition coefficient (Wildman–Crippen LogP) is 3.43. The van der Waals surface area contributed by atoms with Crippen LogP contribution < -0.4 is 4.90 Å². The number of halogens is 1. The molecule has 1 aliphatic rings. The highest BCUT2D eigenvalue weighted by atomic mass is 35.5. The number of aromatic nitrogens is 2. The Morgan fingerprint density at radius 3 is 2.38 bits per heavy atom. The Labute approximate surface area is 164 Å². The van der Waals surface area contributed by atoms with Gasteiger partial charge in [-0.05, 0) is 35.7 Å². The monoisotopic (exact) mass is 426 g/mol. The average Bonchev–Trinajstić information content (AvgIpc) is 3.34. The van der Waals surface area contributed by atoms with E-state index in [1.165, 1.54) is 15.6 Å². The van der Waals surface area contributed by atoms with Crippen LogP contribution >= 0.6 is 34.3 Å². The molecule has 2 aromatic heterocycles. The molecule has 0 bridgehead atoms. The first-order valence-corrected chi connectivity index (χ1v) is 11.4. The zero-order valence-electron chi connectivity index (χ0n) is 13.6. The molecule has 136 valence electrons. The van der Waals surface area contributed by atoms with Gasteiger partial charge in [0.2, 0.25) is 15.2 Å². The van der Waals surface area contributed by atoms with Crippen LogP contribution in [0.4, 0.5) is 5.13 Å². The summed E-state index contributed by atoms with van der Waals surface area (Å²) < 4.78 is 27.0. The van der Waals surface area contributed by atoms with Crippen molar-refractivity contribution in [3.63, 3.8) is 0 Å². The number of anilines is 1. The maximum Gasteiger partial charge on any atom is 0.243 e. The molecule has 1 aliphatic heterocycles. The Bertz CT molecular complexity index is 979. The maximum absolute atomic E-state index is 12.7. The van der Waals surface area contributed by atoms with Gasteiger partial charge in [-0.2, -0.15) is 4.31 Å². The van der Waals surface area contributed by atoms with Crippen molar-refractivity contribution in [2.24, 2.45) is 0 Å². The second-order valence-electron chi connectivity index (χ2n) is 5.71. The summed E-state index contributed by atoms with van der Waals surface area (Å²) in [6.45, 7) is 2.01. The van der Waals surface area contributed by atoms with Crippen LogP contribution in [0.15, 0.2) is 46.7 Å². The standard InChI is InChI=1S/C16H15ClN4O2S3/c17-12-3-5-13(6-4-12)26(22,23)21-9-7-20(8-10-21)16-19-18-15(25-16)14-2-1-11-24-14/h1-6,11H,7-10H2. The van der Waals surface area contributed by atoms with Crippen molar-refractivity contribution < 1.29 is 8.42 Å². The zero-order valence-corrected chi connectivity index (χ0v) is 16.8. The molecule has 0 unspecified atom stereocenters. The summed E-state index contributed by atoms with van der Waals surface area (Å²) >= 11 is 9.01. The van der Waals surface area contributed by atoms with E-state index in [1.807, 2.05) is 17.5 Å². The predicted molar refractivity (Wildman–Crippen MR) is 106 cm³/mol. The first-order chi connectivity index (χ1) is 12.5. The van der Waals surface area contributed by atoms with Crippen LogP contribution in [-0.4, -0.2) is 49.1 Å². The fourth-order valence-corrected chi connectivity index (χ4v) is 5.96. The average molecular weight is 427 g/mol. The maximum atomic E-state index is 12.7. The number of rotatable bonds is 4. The smallest absolute Gasteiger partial charge is 0.243 e. The van der Waals surface area contributed by atoms with Gasteiger partial charge in [-0.1, -0.05) is 29.0 Å². The minimum atomic E-state index is -3.50. The van der Waals surface area contributed by atoms with Crippen molar-refractivity contribution in [1.29, 1.82) is 0 Å². The zero-order chi connectivity index (χ0) is 18.1. The number of benzene rings is 1. The third-order valence-electron chi connectivity index (χ3n) is 4.11. The molecule has 0 N–H and O–H groups in total. The highest BCUT2D eigenvalue weighted by Crippen LogP contribution is 2.32. The molecule has 6 nitrogen and oxygen atoms in total. The van der Waals surface area contributed by atoms with Crippen LogP contribution in [0.2, 0.25) is 5.02 Å². The summed E-state index contributed by atoms with van der Waals surface area (Å²) in [5.41, 5.74) is 0. The fraction of sp³-hybridized carbons (Fsp3) is 0.250. The van der Waals surface area contributed by atoms with Crippen LogP contribution in [0, 0.1) is 0 Å².